The van der Waals surface area contributed by atoms with Gasteiger partial charge in [0.25, 0.3) is 5.56 Å². The number of carbonyl (C=O) groups is 1. The lowest BCUT2D eigenvalue weighted by molar-refractivity contribution is 0.0378. The van der Waals surface area contributed by atoms with E-state index in [9.17, 15) is 9.59 Å². The number of nitrogens with zero attached hydrogens (tertiary/aromatic N) is 2. The number of anilines is 1. The molecule has 2 aliphatic rings. The highest BCUT2D eigenvalue weighted by molar-refractivity contribution is 5.94. The van der Waals surface area contributed by atoms with Gasteiger partial charge in [0, 0.05) is 43.0 Å². The molecule has 1 aromatic heterocycles. The Hall–Kier alpha value is -3.08. The molecule has 0 N–H and O–H groups in total. The normalized spacial score (nSPS) is 18.1. The van der Waals surface area contributed by atoms with Crippen molar-refractivity contribution < 1.29 is 9.53 Å². The second-order valence-corrected chi connectivity index (χ2v) is 7.69. The molecule has 0 saturated heterocycles. The van der Waals surface area contributed by atoms with Crippen molar-refractivity contribution in [1.29, 1.82) is 0 Å². The van der Waals surface area contributed by atoms with Crippen LogP contribution in [0.5, 0.6) is 0 Å². The van der Waals surface area contributed by atoms with Crippen LogP contribution in [0.3, 0.4) is 0 Å². The molecule has 0 radical (unpaired) electrons. The molecule has 3 aromatic rings. The van der Waals surface area contributed by atoms with Gasteiger partial charge in [-0.05, 0) is 53.6 Å². The van der Waals surface area contributed by atoms with Gasteiger partial charge in [0.15, 0.2) is 0 Å². The van der Waals surface area contributed by atoms with E-state index in [0.717, 1.165) is 48.0 Å². The summed E-state index contributed by atoms with van der Waals surface area (Å²) in [5, 5.41) is 1.69. The minimum Gasteiger partial charge on any atom is -0.454 e. The van der Waals surface area contributed by atoms with Crippen LogP contribution < -0.4 is 10.5 Å². The molecular weight excluding hydrogens is 352 g/mol. The number of hydrogen-bond acceptors (Lipinski definition) is 4. The van der Waals surface area contributed by atoms with Gasteiger partial charge in [-0.25, -0.2) is 4.79 Å². The van der Waals surface area contributed by atoms with E-state index in [0.29, 0.717) is 5.56 Å². The highest BCUT2D eigenvalue weighted by Crippen LogP contribution is 2.37. The average molecular weight is 374 g/mol. The van der Waals surface area contributed by atoms with Crippen molar-refractivity contribution in [3.8, 4) is 0 Å². The minimum atomic E-state index is -0.212. The third-order valence-electron chi connectivity index (χ3n) is 6.00. The van der Waals surface area contributed by atoms with Crippen molar-refractivity contribution in [1.82, 2.24) is 4.57 Å². The van der Waals surface area contributed by atoms with E-state index >= 15 is 0 Å². The molecule has 0 bridgehead atoms. The molecule has 2 aliphatic heterocycles. The number of aromatic nitrogens is 1. The van der Waals surface area contributed by atoms with Gasteiger partial charge in [0.05, 0.1) is 5.56 Å². The number of hydrogen-bond donors (Lipinski definition) is 0. The van der Waals surface area contributed by atoms with Gasteiger partial charge >= 0.3 is 5.97 Å². The topological polar surface area (TPSA) is 51.5 Å². The zero-order chi connectivity index (χ0) is 19.4. The lowest BCUT2D eigenvalue weighted by Gasteiger charge is -2.31. The Morgan fingerprint density at radius 1 is 1.11 bits per heavy atom. The number of pyridine rings is 1. The summed E-state index contributed by atoms with van der Waals surface area (Å²) in [5.41, 5.74) is 5.26. The first-order valence-electron chi connectivity index (χ1n) is 9.76. The minimum absolute atomic E-state index is 0.0166. The first-order valence-corrected chi connectivity index (χ1v) is 9.76. The zero-order valence-corrected chi connectivity index (χ0v) is 16.1. The maximum atomic E-state index is 12.5. The summed E-state index contributed by atoms with van der Waals surface area (Å²) >= 11 is 0. The molecule has 0 spiro atoms. The SMILES string of the molecule is CCC1OC(=O)c2cc3c(cc21)CCN(c1ccc2ccn(C)c(=O)c2c1)C3. The van der Waals surface area contributed by atoms with Crippen molar-refractivity contribution in [3.63, 3.8) is 0 Å². The fourth-order valence-corrected chi connectivity index (χ4v) is 4.37. The van der Waals surface area contributed by atoms with Gasteiger partial charge in [-0.15, -0.1) is 0 Å². The fraction of sp³-hybridized carbons (Fsp3) is 0.304. The number of fused-ring (bicyclic) bond motifs is 3. The Labute approximate surface area is 163 Å². The van der Waals surface area contributed by atoms with E-state index in [1.807, 2.05) is 31.2 Å². The highest BCUT2D eigenvalue weighted by atomic mass is 16.5. The molecule has 5 heteroatoms. The number of esters is 1. The second kappa shape index (κ2) is 6.23. The van der Waals surface area contributed by atoms with Gasteiger partial charge in [0.1, 0.15) is 6.10 Å². The standard InChI is InChI=1S/C23H22N2O3/c1-3-21-19-10-15-7-9-25(13-16(15)11-20(19)23(27)28-21)17-5-4-14-6-8-24(2)22(26)18(14)12-17/h4-6,8,10-12,21H,3,7,9,13H2,1-2H3. The maximum Gasteiger partial charge on any atom is 0.339 e. The van der Waals surface area contributed by atoms with Crippen molar-refractivity contribution in [2.75, 3.05) is 11.4 Å². The van der Waals surface area contributed by atoms with Crippen molar-refractivity contribution in [3.05, 3.63) is 75.2 Å². The Kier molecular flexibility index (Phi) is 3.79. The molecule has 1 unspecified atom stereocenters. The van der Waals surface area contributed by atoms with E-state index < -0.39 is 0 Å². The number of benzene rings is 2. The predicted octanol–water partition coefficient (Wildman–Crippen LogP) is 3.72. The number of carbonyl (C=O) groups excluding carboxylic acids is 1. The fourth-order valence-electron chi connectivity index (χ4n) is 4.37. The Morgan fingerprint density at radius 2 is 1.96 bits per heavy atom. The smallest absolute Gasteiger partial charge is 0.339 e. The van der Waals surface area contributed by atoms with Crippen molar-refractivity contribution >= 4 is 22.4 Å². The molecule has 0 saturated carbocycles. The van der Waals surface area contributed by atoms with E-state index in [2.05, 4.69) is 17.0 Å². The Bertz CT molecular complexity index is 1180. The van der Waals surface area contributed by atoms with E-state index in [1.165, 1.54) is 11.1 Å². The van der Waals surface area contributed by atoms with Gasteiger partial charge < -0.3 is 14.2 Å². The monoisotopic (exact) mass is 374 g/mol. The highest BCUT2D eigenvalue weighted by Gasteiger charge is 2.32. The summed E-state index contributed by atoms with van der Waals surface area (Å²) in [7, 11) is 1.77. The molecule has 1 atom stereocenters. The zero-order valence-electron chi connectivity index (χ0n) is 16.1. The summed E-state index contributed by atoms with van der Waals surface area (Å²) in [6.45, 7) is 3.65. The van der Waals surface area contributed by atoms with Crippen LogP contribution >= 0.6 is 0 Å². The van der Waals surface area contributed by atoms with Gasteiger partial charge in [-0.2, -0.15) is 0 Å². The van der Waals surface area contributed by atoms with Crippen molar-refractivity contribution in [2.24, 2.45) is 7.05 Å². The molecule has 0 amide bonds. The van der Waals surface area contributed by atoms with Crippen LogP contribution in [0.2, 0.25) is 0 Å². The quantitative estimate of drug-likeness (QED) is 0.642. The molecular formula is C23H22N2O3. The average Bonchev–Trinajstić information content (AvgIpc) is 3.03. The number of cyclic esters (lactones) is 1. The molecule has 5 nitrogen and oxygen atoms in total. The lowest BCUT2D eigenvalue weighted by Crippen LogP contribution is -2.30. The maximum absolute atomic E-state index is 12.5. The second-order valence-electron chi connectivity index (χ2n) is 7.69. The van der Waals surface area contributed by atoms with Crippen LogP contribution in [-0.2, 0) is 24.8 Å². The molecule has 5 rings (SSSR count). The first kappa shape index (κ1) is 17.0. The third-order valence-corrected chi connectivity index (χ3v) is 6.00. The summed E-state index contributed by atoms with van der Waals surface area (Å²) in [6.07, 6.45) is 3.40. The molecule has 0 fully saturated rings. The van der Waals surface area contributed by atoms with Gasteiger partial charge in [0.2, 0.25) is 0 Å². The molecule has 0 aliphatic carbocycles. The van der Waals surface area contributed by atoms with Crippen LogP contribution in [-0.4, -0.2) is 17.1 Å². The molecule has 28 heavy (non-hydrogen) atoms. The van der Waals surface area contributed by atoms with Crippen LogP contribution in [0, 0.1) is 0 Å². The number of rotatable bonds is 2. The Balaban J connectivity index is 1.52. The van der Waals surface area contributed by atoms with Crippen LogP contribution in [0.1, 0.15) is 46.5 Å². The number of aryl methyl sites for hydroxylation is 1. The lowest BCUT2D eigenvalue weighted by atomic mass is 9.92. The molecule has 3 heterocycles. The van der Waals surface area contributed by atoms with E-state index in [-0.39, 0.29) is 17.6 Å². The van der Waals surface area contributed by atoms with Gasteiger partial charge in [-0.3, -0.25) is 4.79 Å². The molecule has 142 valence electrons. The first-order chi connectivity index (χ1) is 13.5. The van der Waals surface area contributed by atoms with Crippen molar-refractivity contribution in [2.45, 2.75) is 32.4 Å². The Morgan fingerprint density at radius 3 is 2.79 bits per heavy atom. The van der Waals surface area contributed by atoms with Crippen LogP contribution in [0.25, 0.3) is 10.8 Å². The largest absolute Gasteiger partial charge is 0.454 e. The summed E-state index contributed by atoms with van der Waals surface area (Å²) < 4.78 is 7.10. The third kappa shape index (κ3) is 2.53. The summed E-state index contributed by atoms with van der Waals surface area (Å²) in [4.78, 5) is 27.0. The predicted molar refractivity (Wildman–Crippen MR) is 109 cm³/mol. The summed E-state index contributed by atoms with van der Waals surface area (Å²) in [6, 6.07) is 12.2. The van der Waals surface area contributed by atoms with E-state index in [1.54, 1.807) is 17.8 Å². The van der Waals surface area contributed by atoms with E-state index in [4.69, 9.17) is 4.74 Å². The summed E-state index contributed by atoms with van der Waals surface area (Å²) in [5.74, 6) is -0.212. The number of ether oxygens (including phenoxy) is 1. The van der Waals surface area contributed by atoms with Crippen LogP contribution in [0.15, 0.2) is 47.4 Å². The molecule has 2 aromatic carbocycles. The van der Waals surface area contributed by atoms with Crippen LogP contribution in [0.4, 0.5) is 5.69 Å². The van der Waals surface area contributed by atoms with Gasteiger partial charge in [-0.1, -0.05) is 19.1 Å².